The van der Waals surface area contributed by atoms with Crippen molar-refractivity contribution in [1.29, 1.82) is 0 Å². The van der Waals surface area contributed by atoms with Crippen molar-refractivity contribution in [3.63, 3.8) is 0 Å². The summed E-state index contributed by atoms with van der Waals surface area (Å²) in [5.74, 6) is -4.53. The largest absolute Gasteiger partial charge is 0.487 e. The molecular weight excluding hydrogens is 340 g/mol. The Hall–Kier alpha value is -3.01. The van der Waals surface area contributed by atoms with E-state index in [1.807, 2.05) is 5.92 Å². The third-order valence-electron chi connectivity index (χ3n) is 3.14. The van der Waals surface area contributed by atoms with Crippen LogP contribution in [0.4, 0.5) is 17.6 Å². The molecule has 130 valence electrons. The van der Waals surface area contributed by atoms with Crippen molar-refractivity contribution in [3.05, 3.63) is 64.2 Å². The van der Waals surface area contributed by atoms with Crippen molar-refractivity contribution in [2.75, 3.05) is 6.61 Å². The molecule has 0 atom stereocenters. The number of halogens is 4. The van der Waals surface area contributed by atoms with Crippen molar-refractivity contribution in [3.8, 4) is 17.6 Å². The number of benzene rings is 2. The normalized spacial score (nSPS) is 10.1. The van der Waals surface area contributed by atoms with Gasteiger partial charge in [0.1, 0.15) is 5.56 Å². The number of hydrogen-bond donors (Lipinski definition) is 1. The van der Waals surface area contributed by atoms with Gasteiger partial charge in [-0.15, -0.1) is 0 Å². The highest BCUT2D eigenvalue weighted by Gasteiger charge is 2.25. The summed E-state index contributed by atoms with van der Waals surface area (Å²) in [4.78, 5) is 10.7. The van der Waals surface area contributed by atoms with E-state index in [0.29, 0.717) is 6.42 Å². The third kappa shape index (κ3) is 3.91. The highest BCUT2D eigenvalue weighted by atomic mass is 19.2. The van der Waals surface area contributed by atoms with Gasteiger partial charge in [0.25, 0.3) is 0 Å². The van der Waals surface area contributed by atoms with E-state index in [0.717, 1.165) is 0 Å². The van der Waals surface area contributed by atoms with Crippen LogP contribution < -0.4 is 4.74 Å². The van der Waals surface area contributed by atoms with E-state index in [2.05, 4.69) is 5.92 Å². The van der Waals surface area contributed by atoms with E-state index in [4.69, 9.17) is 9.84 Å². The lowest BCUT2D eigenvalue weighted by Gasteiger charge is -2.10. The van der Waals surface area contributed by atoms with Crippen molar-refractivity contribution in [1.82, 2.24) is 0 Å². The van der Waals surface area contributed by atoms with E-state index in [-0.39, 0.29) is 17.7 Å². The lowest BCUT2D eigenvalue weighted by molar-refractivity contribution is 0.0697. The molecule has 0 amide bonds. The topological polar surface area (TPSA) is 46.5 Å². The Morgan fingerprint density at radius 1 is 1.00 bits per heavy atom. The monoisotopic (exact) mass is 352 g/mol. The zero-order chi connectivity index (χ0) is 18.6. The lowest BCUT2D eigenvalue weighted by atomic mass is 10.1. The maximum Gasteiger partial charge on any atom is 0.335 e. The summed E-state index contributed by atoms with van der Waals surface area (Å²) < 4.78 is 60.3. The van der Waals surface area contributed by atoms with Crippen molar-refractivity contribution < 1.29 is 32.2 Å². The van der Waals surface area contributed by atoms with Gasteiger partial charge < -0.3 is 9.84 Å². The number of hydrogen-bond acceptors (Lipinski definition) is 2. The van der Waals surface area contributed by atoms with E-state index >= 15 is 0 Å². The van der Waals surface area contributed by atoms with Gasteiger partial charge in [-0.05, 0) is 30.7 Å². The van der Waals surface area contributed by atoms with Gasteiger partial charge >= 0.3 is 5.97 Å². The molecule has 0 aliphatic rings. The molecule has 0 spiro atoms. The first kappa shape index (κ1) is 18.3. The molecule has 0 saturated heterocycles. The second-order valence-corrected chi connectivity index (χ2v) is 4.94. The maximum atomic E-state index is 14.0. The van der Waals surface area contributed by atoms with E-state index < -0.39 is 40.6 Å². The van der Waals surface area contributed by atoms with Gasteiger partial charge in [0.05, 0.1) is 12.2 Å². The predicted molar refractivity (Wildman–Crippen MR) is 81.4 cm³/mol. The molecule has 3 nitrogen and oxygen atoms in total. The van der Waals surface area contributed by atoms with Crippen LogP contribution in [-0.4, -0.2) is 17.7 Å². The van der Waals surface area contributed by atoms with Crippen molar-refractivity contribution in [2.45, 2.75) is 13.3 Å². The van der Waals surface area contributed by atoms with Gasteiger partial charge in [-0.3, -0.25) is 0 Å². The highest BCUT2D eigenvalue weighted by Crippen LogP contribution is 2.29. The molecule has 2 aromatic rings. The van der Waals surface area contributed by atoms with Crippen LogP contribution in [0.2, 0.25) is 0 Å². The molecule has 0 aliphatic heterocycles. The van der Waals surface area contributed by atoms with Crippen LogP contribution in [0.1, 0.15) is 34.8 Å². The van der Waals surface area contributed by atoms with Gasteiger partial charge in [-0.25, -0.2) is 13.6 Å². The van der Waals surface area contributed by atoms with Crippen molar-refractivity contribution in [2.24, 2.45) is 0 Å². The Morgan fingerprint density at radius 2 is 1.56 bits per heavy atom. The van der Waals surface area contributed by atoms with Gasteiger partial charge in [0.15, 0.2) is 17.4 Å². The van der Waals surface area contributed by atoms with Crippen LogP contribution in [0, 0.1) is 35.1 Å². The fourth-order valence-electron chi connectivity index (χ4n) is 1.88. The first-order valence-electron chi connectivity index (χ1n) is 7.20. The Balaban J connectivity index is 2.42. The fraction of sp³-hybridized carbons (Fsp3) is 0.167. The van der Waals surface area contributed by atoms with Crippen LogP contribution in [0.5, 0.6) is 5.75 Å². The smallest absolute Gasteiger partial charge is 0.335 e. The second-order valence-electron chi connectivity index (χ2n) is 4.94. The average molecular weight is 352 g/mol. The summed E-state index contributed by atoms with van der Waals surface area (Å²) in [6.07, 6.45) is 0.399. The molecular formula is C18H12F4O3. The molecule has 0 saturated carbocycles. The number of rotatable bonds is 4. The molecule has 0 aromatic heterocycles. The number of carboxylic acid groups (broad SMARTS) is 1. The van der Waals surface area contributed by atoms with E-state index in [1.165, 1.54) is 24.3 Å². The molecule has 1 N–H and O–H groups in total. The second kappa shape index (κ2) is 7.71. The standard InChI is InChI=1S/C18H12F4O3/c1-2-9-25-17-15(21)13(19)12(14(20)16(17)22)8-5-10-3-6-11(7-4-10)18(23)24/h3-4,6-7H,2,9H2,1H3,(H,23,24). The summed E-state index contributed by atoms with van der Waals surface area (Å²) in [5, 5.41) is 8.77. The molecule has 0 unspecified atom stereocenters. The van der Waals surface area contributed by atoms with E-state index in [9.17, 15) is 22.4 Å². The number of carbonyl (C=O) groups is 1. The Bertz CT molecular complexity index is 836. The van der Waals surface area contributed by atoms with Crippen molar-refractivity contribution >= 4 is 5.97 Å². The first-order valence-corrected chi connectivity index (χ1v) is 7.20. The van der Waals surface area contributed by atoms with Crippen LogP contribution in [0.25, 0.3) is 0 Å². The molecule has 25 heavy (non-hydrogen) atoms. The summed E-state index contributed by atoms with van der Waals surface area (Å²) >= 11 is 0. The van der Waals surface area contributed by atoms with E-state index in [1.54, 1.807) is 6.92 Å². The summed E-state index contributed by atoms with van der Waals surface area (Å²) in [6, 6.07) is 5.08. The predicted octanol–water partition coefficient (Wildman–Crippen LogP) is 4.13. The maximum absolute atomic E-state index is 14.0. The molecule has 2 rings (SSSR count). The highest BCUT2D eigenvalue weighted by molar-refractivity contribution is 5.87. The molecule has 0 bridgehead atoms. The minimum Gasteiger partial charge on any atom is -0.487 e. The minimum absolute atomic E-state index is 0.00238. The summed E-state index contributed by atoms with van der Waals surface area (Å²) in [6.45, 7) is 1.56. The molecule has 0 fully saturated rings. The lowest BCUT2D eigenvalue weighted by Crippen LogP contribution is -2.07. The molecule has 2 aromatic carbocycles. The molecule has 0 heterocycles. The van der Waals surface area contributed by atoms with Gasteiger partial charge in [-0.2, -0.15) is 8.78 Å². The fourth-order valence-corrected chi connectivity index (χ4v) is 1.88. The zero-order valence-electron chi connectivity index (χ0n) is 13.0. The number of ether oxygens (including phenoxy) is 1. The average Bonchev–Trinajstić information content (AvgIpc) is 2.60. The summed E-state index contributed by atoms with van der Waals surface area (Å²) in [5.41, 5.74) is -0.852. The molecule has 0 radical (unpaired) electrons. The van der Waals surface area contributed by atoms with Crippen LogP contribution in [-0.2, 0) is 0 Å². The number of carboxylic acids is 1. The van der Waals surface area contributed by atoms with Gasteiger partial charge in [0, 0.05) is 5.56 Å². The molecule has 0 aliphatic carbocycles. The van der Waals surface area contributed by atoms with Crippen LogP contribution >= 0.6 is 0 Å². The minimum atomic E-state index is -1.65. The number of aromatic carboxylic acids is 1. The zero-order valence-corrected chi connectivity index (χ0v) is 13.0. The Morgan fingerprint density at radius 3 is 2.04 bits per heavy atom. The SMILES string of the molecule is CCCOc1c(F)c(F)c(C#Cc2ccc(C(=O)O)cc2)c(F)c1F. The van der Waals surface area contributed by atoms with Gasteiger partial charge in [-0.1, -0.05) is 18.8 Å². The third-order valence-corrected chi connectivity index (χ3v) is 3.14. The van der Waals surface area contributed by atoms with Gasteiger partial charge in [0.2, 0.25) is 11.6 Å². The quantitative estimate of drug-likeness (QED) is 0.511. The van der Waals surface area contributed by atoms with Crippen LogP contribution in [0.15, 0.2) is 24.3 Å². The molecule has 7 heteroatoms. The summed E-state index contributed by atoms with van der Waals surface area (Å²) in [7, 11) is 0. The Labute approximate surface area is 140 Å². The Kier molecular flexibility index (Phi) is 5.65. The first-order chi connectivity index (χ1) is 11.9. The van der Waals surface area contributed by atoms with Crippen LogP contribution in [0.3, 0.4) is 0 Å².